The quantitative estimate of drug-likeness (QED) is 0.0793. The van der Waals surface area contributed by atoms with Crippen LogP contribution in [0.4, 0.5) is 10.5 Å². The number of urea groups is 1. The molecule has 0 unspecified atom stereocenters. The van der Waals surface area contributed by atoms with Crippen molar-refractivity contribution in [2.75, 3.05) is 20.3 Å². The van der Waals surface area contributed by atoms with Gasteiger partial charge < -0.3 is 34.4 Å². The van der Waals surface area contributed by atoms with Crippen LogP contribution in [0.15, 0.2) is 69.3 Å². The van der Waals surface area contributed by atoms with Gasteiger partial charge in [0.15, 0.2) is 17.7 Å². The Labute approximate surface area is 246 Å². The van der Waals surface area contributed by atoms with E-state index in [1.807, 2.05) is 0 Å². The molecule has 1 aliphatic heterocycles. The van der Waals surface area contributed by atoms with E-state index in [1.165, 1.54) is 19.4 Å². The maximum atomic E-state index is 12.4. The van der Waals surface area contributed by atoms with E-state index in [4.69, 9.17) is 18.6 Å². The number of methoxy groups -OCH3 is 1. The van der Waals surface area contributed by atoms with Gasteiger partial charge in [0, 0.05) is 11.8 Å². The minimum absolute atomic E-state index is 0.0704. The average molecular weight is 594 g/mol. The number of aryl methyl sites for hydroxylation is 1. The number of nitro benzene ring substituents is 1. The molecule has 0 fully saturated rings. The topological polar surface area (TPSA) is 187 Å². The third kappa shape index (κ3) is 7.29. The number of carbonyl (C=O) groups excluding carboxylic acids is 2. The minimum atomic E-state index is -1.22. The van der Waals surface area contributed by atoms with Gasteiger partial charge in [-0.25, -0.2) is 9.59 Å². The molecule has 0 bridgehead atoms. The second-order valence-corrected chi connectivity index (χ2v) is 9.39. The molecule has 14 nitrogen and oxygen atoms in total. The molecule has 226 valence electrons. The second kappa shape index (κ2) is 13.5. The monoisotopic (exact) mass is 593 g/mol. The summed E-state index contributed by atoms with van der Waals surface area (Å²) in [6.07, 6.45) is 0.0905. The van der Waals surface area contributed by atoms with E-state index in [1.54, 1.807) is 63.2 Å². The largest absolute Gasteiger partial charge is 0.490 e. The first-order valence-corrected chi connectivity index (χ1v) is 13.2. The Kier molecular flexibility index (Phi) is 9.62. The molecule has 3 aromatic rings. The number of hydrogen-bond donors (Lipinski definition) is 4. The highest BCUT2D eigenvalue weighted by atomic mass is 16.6. The zero-order chi connectivity index (χ0) is 31.1. The lowest BCUT2D eigenvalue weighted by atomic mass is 9.95. The van der Waals surface area contributed by atoms with Crippen molar-refractivity contribution in [2.45, 2.75) is 33.0 Å². The summed E-state index contributed by atoms with van der Waals surface area (Å²) in [6.45, 7) is 5.25. The number of aliphatic hydroxyl groups excluding tert-OH is 1. The van der Waals surface area contributed by atoms with Crippen LogP contribution < -0.4 is 25.5 Å². The fraction of sp³-hybridized carbons (Fsp3) is 0.276. The number of hydrogen-bond acceptors (Lipinski definition) is 11. The number of allylic oxidation sites excluding steroid dienone is 1. The Balaban J connectivity index is 1.40. The molecule has 2 heterocycles. The van der Waals surface area contributed by atoms with E-state index in [0.29, 0.717) is 46.5 Å². The summed E-state index contributed by atoms with van der Waals surface area (Å²) in [4.78, 5) is 35.5. The van der Waals surface area contributed by atoms with Gasteiger partial charge in [-0.05, 0) is 62.2 Å². The van der Waals surface area contributed by atoms with Gasteiger partial charge in [0.2, 0.25) is 0 Å². The first kappa shape index (κ1) is 30.6. The lowest BCUT2D eigenvalue weighted by Crippen LogP contribution is -2.45. The van der Waals surface area contributed by atoms with Crippen molar-refractivity contribution >= 4 is 23.9 Å². The molecule has 0 saturated heterocycles. The number of benzene rings is 2. The molecule has 2 amide bonds. The maximum Gasteiger partial charge on any atom is 0.337 e. The van der Waals surface area contributed by atoms with E-state index in [0.717, 1.165) is 5.56 Å². The van der Waals surface area contributed by atoms with Crippen LogP contribution in [-0.2, 0) is 9.53 Å². The smallest absolute Gasteiger partial charge is 0.337 e. The van der Waals surface area contributed by atoms with Crippen molar-refractivity contribution in [1.82, 2.24) is 16.1 Å². The standard InChI is InChI=1S/C29H31N5O9/c1-5-41-24-13-18(27-26(28(36)40-4)17(3)31-29(37)32-27)7-10-23(24)42-15-25(35)33-30-14-19-8-11-22(43-19)20-9-6-16(2)12-21(20)34(38)39/h6-14,25,27,33,35H,5,15H2,1-4H3,(H2,31,32,37)/b30-14+/t25-,27+/m1/s1. The summed E-state index contributed by atoms with van der Waals surface area (Å²) in [5.41, 5.74) is 4.71. The zero-order valence-electron chi connectivity index (χ0n) is 23.9. The molecule has 0 aliphatic carbocycles. The zero-order valence-corrected chi connectivity index (χ0v) is 23.9. The summed E-state index contributed by atoms with van der Waals surface area (Å²) >= 11 is 0. The number of carbonyl (C=O) groups is 2. The fourth-order valence-corrected chi connectivity index (χ4v) is 4.38. The molecule has 2 aromatic carbocycles. The number of rotatable bonds is 12. The molecule has 4 rings (SSSR count). The number of hydrazone groups is 1. The van der Waals surface area contributed by atoms with E-state index < -0.39 is 29.2 Å². The molecule has 1 aromatic heterocycles. The number of ether oxygens (including phenoxy) is 3. The number of nitrogens with one attached hydrogen (secondary N) is 3. The molecular weight excluding hydrogens is 562 g/mol. The molecule has 0 saturated carbocycles. The van der Waals surface area contributed by atoms with Crippen LogP contribution in [0.1, 0.15) is 36.8 Å². The molecule has 0 spiro atoms. The third-order valence-electron chi connectivity index (χ3n) is 6.33. The number of nitrogens with zero attached hydrogens (tertiary/aromatic N) is 2. The van der Waals surface area contributed by atoms with Crippen LogP contribution in [0.2, 0.25) is 0 Å². The Morgan fingerprint density at radius 1 is 1.19 bits per heavy atom. The molecule has 43 heavy (non-hydrogen) atoms. The summed E-state index contributed by atoms with van der Waals surface area (Å²) < 4.78 is 22.0. The van der Waals surface area contributed by atoms with E-state index >= 15 is 0 Å². The molecule has 1 aliphatic rings. The summed E-state index contributed by atoms with van der Waals surface area (Å²) in [7, 11) is 1.26. The van der Waals surface area contributed by atoms with Gasteiger partial charge in [0.25, 0.3) is 5.69 Å². The normalized spacial score (nSPS) is 15.5. The number of aliphatic hydroxyl groups is 1. The van der Waals surface area contributed by atoms with Gasteiger partial charge in [-0.15, -0.1) is 0 Å². The van der Waals surface area contributed by atoms with Crippen LogP contribution in [0.3, 0.4) is 0 Å². The van der Waals surface area contributed by atoms with Crippen molar-refractivity contribution in [3.8, 4) is 22.8 Å². The molecular formula is C29H31N5O9. The highest BCUT2D eigenvalue weighted by Crippen LogP contribution is 2.35. The number of amides is 2. The van der Waals surface area contributed by atoms with E-state index in [9.17, 15) is 24.8 Å². The van der Waals surface area contributed by atoms with Crippen molar-refractivity contribution in [3.05, 3.63) is 86.8 Å². The van der Waals surface area contributed by atoms with Crippen LogP contribution in [0.5, 0.6) is 11.5 Å². The number of furan rings is 1. The minimum Gasteiger partial charge on any atom is -0.490 e. The highest BCUT2D eigenvalue weighted by molar-refractivity contribution is 5.95. The third-order valence-corrected chi connectivity index (χ3v) is 6.33. The number of nitro groups is 1. The predicted molar refractivity (Wildman–Crippen MR) is 155 cm³/mol. The van der Waals surface area contributed by atoms with Gasteiger partial charge in [-0.2, -0.15) is 5.10 Å². The lowest BCUT2D eigenvalue weighted by Gasteiger charge is -2.28. The SMILES string of the molecule is CCOc1cc([C@@H]2NC(=O)NC(C)=C2C(=O)OC)ccc1OC[C@@H](O)N/N=C/c1ccc(-c2ccc(C)cc2[N+](=O)[O-])o1. The van der Waals surface area contributed by atoms with Crippen molar-refractivity contribution in [3.63, 3.8) is 0 Å². The summed E-state index contributed by atoms with van der Waals surface area (Å²) in [6, 6.07) is 11.7. The van der Waals surface area contributed by atoms with E-state index in [-0.39, 0.29) is 17.9 Å². The van der Waals surface area contributed by atoms with Crippen molar-refractivity contribution < 1.29 is 38.2 Å². The molecule has 2 atom stereocenters. The van der Waals surface area contributed by atoms with Crippen LogP contribution in [0.25, 0.3) is 11.3 Å². The predicted octanol–water partition coefficient (Wildman–Crippen LogP) is 3.68. The van der Waals surface area contributed by atoms with E-state index in [2.05, 4.69) is 21.2 Å². The fourth-order valence-electron chi connectivity index (χ4n) is 4.38. The van der Waals surface area contributed by atoms with Gasteiger partial charge in [-0.1, -0.05) is 12.1 Å². The summed E-state index contributed by atoms with van der Waals surface area (Å²) in [5.74, 6) is 0.660. The molecule has 14 heteroatoms. The Bertz CT molecular complexity index is 1580. The van der Waals surface area contributed by atoms with Gasteiger partial charge in [0.05, 0.1) is 42.0 Å². The summed E-state index contributed by atoms with van der Waals surface area (Å²) in [5, 5.41) is 31.0. The van der Waals surface area contributed by atoms with Crippen molar-refractivity contribution in [2.24, 2.45) is 5.10 Å². The Morgan fingerprint density at radius 2 is 1.98 bits per heavy atom. The number of esters is 1. The lowest BCUT2D eigenvalue weighted by molar-refractivity contribution is -0.384. The van der Waals surface area contributed by atoms with Crippen LogP contribution in [-0.4, -0.2) is 54.8 Å². The van der Waals surface area contributed by atoms with Gasteiger partial charge in [-0.3, -0.25) is 15.5 Å². The molecule has 0 radical (unpaired) electrons. The van der Waals surface area contributed by atoms with Crippen LogP contribution >= 0.6 is 0 Å². The first-order valence-electron chi connectivity index (χ1n) is 13.2. The van der Waals surface area contributed by atoms with Crippen LogP contribution in [0, 0.1) is 17.0 Å². The van der Waals surface area contributed by atoms with Crippen molar-refractivity contribution in [1.29, 1.82) is 0 Å². The van der Waals surface area contributed by atoms with Gasteiger partial charge in [0.1, 0.15) is 18.1 Å². The second-order valence-electron chi connectivity index (χ2n) is 9.39. The van der Waals surface area contributed by atoms with Gasteiger partial charge >= 0.3 is 12.0 Å². The maximum absolute atomic E-state index is 12.4. The molecule has 4 N–H and O–H groups in total. The Morgan fingerprint density at radius 3 is 2.70 bits per heavy atom. The first-order chi connectivity index (χ1) is 20.6. The highest BCUT2D eigenvalue weighted by Gasteiger charge is 2.32. The average Bonchev–Trinajstić information content (AvgIpc) is 3.44. The Hall–Kier alpha value is -5.37.